The Morgan fingerprint density at radius 2 is 1.75 bits per heavy atom. The van der Waals surface area contributed by atoms with Crippen molar-refractivity contribution in [2.24, 2.45) is 0 Å². The highest BCUT2D eigenvalue weighted by Gasteiger charge is 2.27. The molecule has 3 aromatic carbocycles. The van der Waals surface area contributed by atoms with Crippen LogP contribution in [0.5, 0.6) is 5.75 Å². The molecule has 2 N–H and O–H groups in total. The van der Waals surface area contributed by atoms with E-state index in [0.29, 0.717) is 22.9 Å². The van der Waals surface area contributed by atoms with Crippen LogP contribution in [0.25, 0.3) is 0 Å². The van der Waals surface area contributed by atoms with Gasteiger partial charge in [0.15, 0.2) is 0 Å². The van der Waals surface area contributed by atoms with Crippen molar-refractivity contribution >= 4 is 21.6 Å². The quantitative estimate of drug-likeness (QED) is 0.536. The van der Waals surface area contributed by atoms with E-state index in [0.717, 1.165) is 12.1 Å². The fourth-order valence-electron chi connectivity index (χ4n) is 3.12. The lowest BCUT2D eigenvalue weighted by Crippen LogP contribution is -2.45. The van der Waals surface area contributed by atoms with Crippen LogP contribution in [0.2, 0.25) is 0 Å². The minimum atomic E-state index is -4.10. The highest BCUT2D eigenvalue weighted by molar-refractivity contribution is 7.89. The minimum absolute atomic E-state index is 0.0177. The summed E-state index contributed by atoms with van der Waals surface area (Å²) in [7, 11) is -2.63. The Balaban J connectivity index is 1.89. The van der Waals surface area contributed by atoms with E-state index in [9.17, 15) is 22.0 Å². The average molecular weight is 461 g/mol. The van der Waals surface area contributed by atoms with Gasteiger partial charge in [0.05, 0.1) is 17.7 Å². The van der Waals surface area contributed by atoms with Gasteiger partial charge < -0.3 is 10.1 Å². The van der Waals surface area contributed by atoms with Gasteiger partial charge >= 0.3 is 0 Å². The Morgan fingerprint density at radius 3 is 2.38 bits per heavy atom. The molecular formula is C23H22F2N2O4S. The van der Waals surface area contributed by atoms with Crippen LogP contribution in [0.3, 0.4) is 0 Å². The van der Waals surface area contributed by atoms with Gasteiger partial charge in [0.1, 0.15) is 23.4 Å². The Morgan fingerprint density at radius 1 is 1.03 bits per heavy atom. The lowest BCUT2D eigenvalue weighted by atomic mass is 10.1. The summed E-state index contributed by atoms with van der Waals surface area (Å²) < 4.78 is 60.7. The van der Waals surface area contributed by atoms with E-state index in [4.69, 9.17) is 4.74 Å². The largest absolute Gasteiger partial charge is 0.496 e. The molecule has 1 atom stereocenters. The molecule has 0 fully saturated rings. The van der Waals surface area contributed by atoms with Gasteiger partial charge in [0.25, 0.3) is 0 Å². The van der Waals surface area contributed by atoms with Gasteiger partial charge in [-0.1, -0.05) is 30.3 Å². The molecule has 168 valence electrons. The molecular weight excluding hydrogens is 438 g/mol. The Bertz CT molecular complexity index is 1220. The van der Waals surface area contributed by atoms with Crippen LogP contribution in [0.1, 0.15) is 11.1 Å². The molecule has 0 aliphatic heterocycles. The van der Waals surface area contributed by atoms with Gasteiger partial charge in [-0.15, -0.1) is 0 Å². The Hall–Kier alpha value is -3.30. The summed E-state index contributed by atoms with van der Waals surface area (Å²) >= 11 is 0. The van der Waals surface area contributed by atoms with Crippen molar-refractivity contribution in [3.05, 3.63) is 89.5 Å². The average Bonchev–Trinajstić information content (AvgIpc) is 2.75. The molecule has 32 heavy (non-hydrogen) atoms. The number of carbonyl (C=O) groups excluding carboxylic acids is 1. The first-order valence-corrected chi connectivity index (χ1v) is 11.1. The topological polar surface area (TPSA) is 84.5 Å². The molecule has 0 saturated carbocycles. The number of anilines is 1. The standard InChI is InChI=1S/C23H22F2N2O4S/c1-15-12-18(9-11-22(15)31-2)32(29,30)27-21(13-16-6-4-3-5-7-16)23(28)26-20-10-8-17(24)14-19(20)25/h3-12,14,21,27H,13H2,1-2H3,(H,26,28). The van der Waals surface area contributed by atoms with E-state index in [-0.39, 0.29) is 17.0 Å². The monoisotopic (exact) mass is 460 g/mol. The summed E-state index contributed by atoms with van der Waals surface area (Å²) in [6.07, 6.45) is 0.0177. The third-order valence-electron chi connectivity index (χ3n) is 4.76. The fourth-order valence-corrected chi connectivity index (χ4v) is 4.40. The molecule has 9 heteroatoms. The van der Waals surface area contributed by atoms with Crippen molar-refractivity contribution < 1.29 is 26.7 Å². The number of ether oxygens (including phenoxy) is 1. The molecule has 0 spiro atoms. The van der Waals surface area contributed by atoms with Crippen LogP contribution < -0.4 is 14.8 Å². The zero-order valence-corrected chi connectivity index (χ0v) is 18.2. The molecule has 6 nitrogen and oxygen atoms in total. The molecule has 0 aliphatic rings. The van der Waals surface area contributed by atoms with Crippen LogP contribution in [0.15, 0.2) is 71.6 Å². The molecule has 1 unspecified atom stereocenters. The van der Waals surface area contributed by atoms with Crippen LogP contribution in [-0.2, 0) is 21.2 Å². The van der Waals surface area contributed by atoms with Gasteiger partial charge in [-0.3, -0.25) is 4.79 Å². The second-order valence-corrected chi connectivity index (χ2v) is 8.82. The summed E-state index contributed by atoms with van der Waals surface area (Å²) in [4.78, 5) is 12.9. The van der Waals surface area contributed by atoms with Gasteiger partial charge in [0, 0.05) is 6.07 Å². The normalized spacial score (nSPS) is 12.2. The number of methoxy groups -OCH3 is 1. The number of benzene rings is 3. The van der Waals surface area contributed by atoms with E-state index in [1.807, 2.05) is 0 Å². The summed E-state index contributed by atoms with van der Waals surface area (Å²) in [6.45, 7) is 1.70. The highest BCUT2D eigenvalue weighted by Crippen LogP contribution is 2.22. The maximum atomic E-state index is 14.0. The molecule has 0 aromatic heterocycles. The molecule has 0 saturated heterocycles. The van der Waals surface area contributed by atoms with Crippen molar-refractivity contribution in [2.75, 3.05) is 12.4 Å². The number of rotatable bonds is 8. The number of amides is 1. The van der Waals surface area contributed by atoms with Crippen LogP contribution >= 0.6 is 0 Å². The van der Waals surface area contributed by atoms with Crippen molar-refractivity contribution in [3.8, 4) is 5.75 Å². The summed E-state index contributed by atoms with van der Waals surface area (Å²) in [5, 5.41) is 2.33. The molecule has 0 heterocycles. The van der Waals surface area contributed by atoms with Crippen molar-refractivity contribution in [2.45, 2.75) is 24.3 Å². The number of sulfonamides is 1. The van der Waals surface area contributed by atoms with E-state index < -0.39 is 33.6 Å². The van der Waals surface area contributed by atoms with Crippen LogP contribution in [0, 0.1) is 18.6 Å². The van der Waals surface area contributed by atoms with Gasteiger partial charge in [-0.2, -0.15) is 4.72 Å². The first kappa shape index (κ1) is 23.4. The summed E-state index contributed by atoms with van der Waals surface area (Å²) in [5.41, 5.74) is 1.04. The third-order valence-corrected chi connectivity index (χ3v) is 6.23. The second-order valence-electron chi connectivity index (χ2n) is 7.11. The van der Waals surface area contributed by atoms with Crippen molar-refractivity contribution in [3.63, 3.8) is 0 Å². The predicted molar refractivity (Wildman–Crippen MR) is 117 cm³/mol. The van der Waals surface area contributed by atoms with Gasteiger partial charge in [-0.25, -0.2) is 17.2 Å². The lowest BCUT2D eigenvalue weighted by Gasteiger charge is -2.19. The first-order valence-electron chi connectivity index (χ1n) is 9.66. The van der Waals surface area contributed by atoms with E-state index in [2.05, 4.69) is 10.0 Å². The molecule has 3 rings (SSSR count). The molecule has 0 aliphatic carbocycles. The minimum Gasteiger partial charge on any atom is -0.496 e. The van der Waals surface area contributed by atoms with Crippen molar-refractivity contribution in [1.29, 1.82) is 0 Å². The molecule has 1 amide bonds. The molecule has 0 bridgehead atoms. The maximum Gasteiger partial charge on any atom is 0.242 e. The van der Waals surface area contributed by atoms with Crippen LogP contribution in [-0.4, -0.2) is 27.5 Å². The van der Waals surface area contributed by atoms with E-state index >= 15 is 0 Å². The predicted octanol–water partition coefficient (Wildman–Crippen LogP) is 3.81. The fraction of sp³-hybridized carbons (Fsp3) is 0.174. The zero-order chi connectivity index (χ0) is 23.3. The Kier molecular flexibility index (Phi) is 7.22. The maximum absolute atomic E-state index is 14.0. The Labute approximate surface area is 185 Å². The van der Waals surface area contributed by atoms with Gasteiger partial charge in [-0.05, 0) is 54.8 Å². The molecule has 0 radical (unpaired) electrons. The van der Waals surface area contributed by atoms with E-state index in [1.165, 1.54) is 25.3 Å². The summed E-state index contributed by atoms with van der Waals surface area (Å²) in [5.74, 6) is -2.02. The smallest absolute Gasteiger partial charge is 0.242 e. The number of halogens is 2. The third kappa shape index (κ3) is 5.68. The van der Waals surface area contributed by atoms with Crippen LogP contribution in [0.4, 0.5) is 14.5 Å². The SMILES string of the molecule is COc1ccc(S(=O)(=O)NC(Cc2ccccc2)C(=O)Nc2ccc(F)cc2F)cc1C. The second kappa shape index (κ2) is 9.88. The van der Waals surface area contributed by atoms with E-state index in [1.54, 1.807) is 37.3 Å². The highest BCUT2D eigenvalue weighted by atomic mass is 32.2. The first-order chi connectivity index (χ1) is 15.2. The lowest BCUT2D eigenvalue weighted by molar-refractivity contribution is -0.117. The number of hydrogen-bond donors (Lipinski definition) is 2. The number of carbonyl (C=O) groups is 1. The van der Waals surface area contributed by atoms with Crippen molar-refractivity contribution in [1.82, 2.24) is 4.72 Å². The molecule has 3 aromatic rings. The summed E-state index contributed by atoms with van der Waals surface area (Å²) in [6, 6.07) is 14.5. The van der Waals surface area contributed by atoms with Gasteiger partial charge in [0.2, 0.25) is 15.9 Å². The number of aryl methyl sites for hydroxylation is 1. The zero-order valence-electron chi connectivity index (χ0n) is 17.4. The number of nitrogens with one attached hydrogen (secondary N) is 2. The number of hydrogen-bond acceptors (Lipinski definition) is 4.